The maximum Gasteiger partial charge on any atom is 0.259 e. The van der Waals surface area contributed by atoms with E-state index in [1.165, 1.54) is 17.5 Å². The molecule has 1 N–H and O–H groups in total. The molecule has 0 aliphatic carbocycles. The van der Waals surface area contributed by atoms with Gasteiger partial charge in [-0.2, -0.15) is 0 Å². The number of thiazole rings is 1. The van der Waals surface area contributed by atoms with Crippen molar-refractivity contribution in [3.8, 4) is 0 Å². The normalized spacial score (nSPS) is 11.9. The van der Waals surface area contributed by atoms with Gasteiger partial charge in [-0.1, -0.05) is 0 Å². The van der Waals surface area contributed by atoms with Gasteiger partial charge in [0.05, 0.1) is 17.2 Å². The second-order valence-electron chi connectivity index (χ2n) is 3.92. The van der Waals surface area contributed by atoms with Crippen molar-refractivity contribution in [3.63, 3.8) is 0 Å². The van der Waals surface area contributed by atoms with Gasteiger partial charge >= 0.3 is 0 Å². The molecule has 0 aliphatic heterocycles. The van der Waals surface area contributed by atoms with Gasteiger partial charge in [0, 0.05) is 18.6 Å². The molecule has 0 saturated carbocycles. The van der Waals surface area contributed by atoms with E-state index < -0.39 is 10.0 Å². The lowest BCUT2D eigenvalue weighted by atomic mass is 10.5. The fourth-order valence-corrected chi connectivity index (χ4v) is 3.04. The number of aromatic nitrogens is 3. The van der Waals surface area contributed by atoms with Crippen LogP contribution in [0.1, 0.15) is 16.5 Å². The van der Waals surface area contributed by atoms with Crippen molar-refractivity contribution in [2.24, 2.45) is 7.05 Å². The molecule has 0 radical (unpaired) electrons. The molecule has 0 fully saturated rings. The van der Waals surface area contributed by atoms with E-state index in [0.717, 1.165) is 5.01 Å². The van der Waals surface area contributed by atoms with Crippen LogP contribution in [0.4, 0.5) is 0 Å². The number of rotatable bonds is 4. The average molecular weight is 286 g/mol. The molecule has 98 valence electrons. The molecule has 0 saturated heterocycles. The predicted molar refractivity (Wildman–Crippen MR) is 68.8 cm³/mol. The first kappa shape index (κ1) is 13.2. The summed E-state index contributed by atoms with van der Waals surface area (Å²) in [5, 5.41) is 2.79. The zero-order chi connectivity index (χ0) is 13.3. The molecule has 0 bridgehead atoms. The Balaban J connectivity index is 2.12. The molecule has 2 aromatic rings. The summed E-state index contributed by atoms with van der Waals surface area (Å²) in [6, 6.07) is 0. The van der Waals surface area contributed by atoms with E-state index in [0.29, 0.717) is 11.5 Å². The number of aryl methyl sites for hydroxylation is 3. The van der Waals surface area contributed by atoms with Crippen LogP contribution in [-0.2, 0) is 23.6 Å². The molecular formula is C10H14N4O2S2. The lowest BCUT2D eigenvalue weighted by molar-refractivity contribution is 0.577. The fourth-order valence-electron chi connectivity index (χ4n) is 1.39. The van der Waals surface area contributed by atoms with E-state index in [9.17, 15) is 8.42 Å². The van der Waals surface area contributed by atoms with Crippen molar-refractivity contribution in [1.82, 2.24) is 19.3 Å². The minimum Gasteiger partial charge on any atom is -0.337 e. The summed E-state index contributed by atoms with van der Waals surface area (Å²) >= 11 is 1.49. The quantitative estimate of drug-likeness (QED) is 0.908. The highest BCUT2D eigenvalue weighted by Crippen LogP contribution is 2.10. The van der Waals surface area contributed by atoms with Gasteiger partial charge in [-0.05, 0) is 13.8 Å². The van der Waals surface area contributed by atoms with Gasteiger partial charge in [-0.3, -0.25) is 0 Å². The summed E-state index contributed by atoms with van der Waals surface area (Å²) in [5.41, 5.74) is 0.716. The summed E-state index contributed by atoms with van der Waals surface area (Å²) < 4.78 is 28.1. The summed E-state index contributed by atoms with van der Waals surface area (Å²) in [6.45, 7) is 3.82. The van der Waals surface area contributed by atoms with Crippen molar-refractivity contribution in [1.29, 1.82) is 0 Å². The first-order valence-corrected chi connectivity index (χ1v) is 7.65. The van der Waals surface area contributed by atoms with E-state index in [4.69, 9.17) is 0 Å². The van der Waals surface area contributed by atoms with E-state index >= 15 is 0 Å². The minimum atomic E-state index is -3.57. The molecule has 18 heavy (non-hydrogen) atoms. The highest BCUT2D eigenvalue weighted by atomic mass is 32.2. The van der Waals surface area contributed by atoms with Crippen LogP contribution < -0.4 is 4.72 Å². The third kappa shape index (κ3) is 2.77. The van der Waals surface area contributed by atoms with Gasteiger partial charge < -0.3 is 4.57 Å². The SMILES string of the molecule is Cc1nc(CNS(=O)(=O)c2cn(C)c(C)n2)cs1. The van der Waals surface area contributed by atoms with Gasteiger partial charge in [0.1, 0.15) is 5.82 Å². The van der Waals surface area contributed by atoms with Crippen LogP contribution in [0.5, 0.6) is 0 Å². The third-order valence-electron chi connectivity index (χ3n) is 2.47. The van der Waals surface area contributed by atoms with Crippen LogP contribution in [0.2, 0.25) is 0 Å². The molecular weight excluding hydrogens is 272 g/mol. The van der Waals surface area contributed by atoms with E-state index in [2.05, 4.69) is 14.7 Å². The number of sulfonamides is 1. The molecule has 0 aliphatic rings. The van der Waals surface area contributed by atoms with E-state index in [1.54, 1.807) is 18.5 Å². The first-order valence-electron chi connectivity index (χ1n) is 5.29. The highest BCUT2D eigenvalue weighted by molar-refractivity contribution is 7.89. The van der Waals surface area contributed by atoms with E-state index in [1.807, 2.05) is 12.3 Å². The van der Waals surface area contributed by atoms with Crippen LogP contribution in [0.25, 0.3) is 0 Å². The van der Waals surface area contributed by atoms with Crippen molar-refractivity contribution >= 4 is 21.4 Å². The number of nitrogens with zero attached hydrogens (tertiary/aromatic N) is 3. The van der Waals surface area contributed by atoms with Crippen LogP contribution >= 0.6 is 11.3 Å². The topological polar surface area (TPSA) is 76.9 Å². The van der Waals surface area contributed by atoms with Gasteiger partial charge in [-0.15, -0.1) is 11.3 Å². The average Bonchev–Trinajstić information content (AvgIpc) is 2.84. The molecule has 0 aromatic carbocycles. The Bertz CT molecular complexity index is 638. The Morgan fingerprint density at radius 1 is 1.39 bits per heavy atom. The summed E-state index contributed by atoms with van der Waals surface area (Å²) in [5.74, 6) is 0.653. The first-order chi connectivity index (χ1) is 8.38. The summed E-state index contributed by atoms with van der Waals surface area (Å²) in [7, 11) is -1.81. The molecule has 2 rings (SSSR count). The molecule has 8 heteroatoms. The molecule has 6 nitrogen and oxygen atoms in total. The fraction of sp³-hybridized carbons (Fsp3) is 0.400. The van der Waals surface area contributed by atoms with Crippen molar-refractivity contribution in [3.05, 3.63) is 28.1 Å². The van der Waals surface area contributed by atoms with Gasteiger partial charge in [-0.25, -0.2) is 23.1 Å². The number of hydrogen-bond donors (Lipinski definition) is 1. The summed E-state index contributed by atoms with van der Waals surface area (Å²) in [6.07, 6.45) is 1.49. The zero-order valence-electron chi connectivity index (χ0n) is 10.3. The van der Waals surface area contributed by atoms with Crippen molar-refractivity contribution in [2.75, 3.05) is 0 Å². The second kappa shape index (κ2) is 4.79. The van der Waals surface area contributed by atoms with Crippen LogP contribution in [-0.4, -0.2) is 23.0 Å². The largest absolute Gasteiger partial charge is 0.337 e. The number of hydrogen-bond acceptors (Lipinski definition) is 5. The van der Waals surface area contributed by atoms with Crippen LogP contribution in [0, 0.1) is 13.8 Å². The molecule has 0 amide bonds. The Hall–Kier alpha value is -1.25. The Morgan fingerprint density at radius 2 is 2.11 bits per heavy atom. The van der Waals surface area contributed by atoms with Crippen LogP contribution in [0.3, 0.4) is 0 Å². The summed E-state index contributed by atoms with van der Waals surface area (Å²) in [4.78, 5) is 8.19. The second-order valence-corrected chi connectivity index (χ2v) is 6.70. The Kier molecular flexibility index (Phi) is 3.51. The number of nitrogens with one attached hydrogen (secondary N) is 1. The molecule has 2 heterocycles. The standard InChI is InChI=1S/C10H14N4O2S2/c1-7-12-10(5-14(7)3)18(15,16)11-4-9-6-17-8(2)13-9/h5-6,11H,4H2,1-3H3. The van der Waals surface area contributed by atoms with Gasteiger partial charge in [0.2, 0.25) is 0 Å². The predicted octanol–water partition coefficient (Wildman–Crippen LogP) is 0.972. The smallest absolute Gasteiger partial charge is 0.259 e. The zero-order valence-corrected chi connectivity index (χ0v) is 12.0. The van der Waals surface area contributed by atoms with Crippen molar-refractivity contribution in [2.45, 2.75) is 25.4 Å². The Labute approximate surface area is 110 Å². The number of imidazole rings is 1. The molecule has 0 atom stereocenters. The van der Waals surface area contributed by atoms with Gasteiger partial charge in [0.25, 0.3) is 10.0 Å². The van der Waals surface area contributed by atoms with Crippen molar-refractivity contribution < 1.29 is 8.42 Å². The lowest BCUT2D eigenvalue weighted by Gasteiger charge is -2.01. The molecule has 2 aromatic heterocycles. The minimum absolute atomic E-state index is 0.0365. The Morgan fingerprint density at radius 3 is 2.61 bits per heavy atom. The van der Waals surface area contributed by atoms with E-state index in [-0.39, 0.29) is 11.6 Å². The van der Waals surface area contributed by atoms with Gasteiger partial charge in [0.15, 0.2) is 5.03 Å². The monoisotopic (exact) mass is 286 g/mol. The molecule has 0 unspecified atom stereocenters. The highest BCUT2D eigenvalue weighted by Gasteiger charge is 2.18. The third-order valence-corrected chi connectivity index (χ3v) is 4.57. The molecule has 0 spiro atoms. The maximum absolute atomic E-state index is 12.0. The maximum atomic E-state index is 12.0. The van der Waals surface area contributed by atoms with Crippen LogP contribution in [0.15, 0.2) is 16.6 Å². The lowest BCUT2D eigenvalue weighted by Crippen LogP contribution is -2.23.